The van der Waals surface area contributed by atoms with Gasteiger partial charge in [0.05, 0.1) is 6.61 Å². The van der Waals surface area contributed by atoms with Crippen molar-refractivity contribution >= 4 is 12.4 Å². The molecule has 15 heavy (non-hydrogen) atoms. The van der Waals surface area contributed by atoms with Crippen LogP contribution in [0.2, 0.25) is 0 Å². The average molecular weight is 234 g/mol. The van der Waals surface area contributed by atoms with E-state index in [0.29, 0.717) is 12.4 Å². The summed E-state index contributed by atoms with van der Waals surface area (Å²) in [4.78, 5) is 0. The molecule has 0 aliphatic carbocycles. The molecule has 0 saturated heterocycles. The predicted molar refractivity (Wildman–Crippen MR) is 62.0 cm³/mol. The smallest absolute Gasteiger partial charge is 0.165 e. The van der Waals surface area contributed by atoms with Gasteiger partial charge in [0.1, 0.15) is 0 Å². The van der Waals surface area contributed by atoms with Crippen LogP contribution < -0.4 is 10.5 Å². The van der Waals surface area contributed by atoms with Crippen molar-refractivity contribution in [2.45, 2.75) is 26.3 Å². The van der Waals surface area contributed by atoms with E-state index in [-0.39, 0.29) is 24.3 Å². The average Bonchev–Trinajstić information content (AvgIpc) is 2.16. The molecule has 86 valence electrons. The normalized spacial score (nSPS) is 11.7. The van der Waals surface area contributed by atoms with Gasteiger partial charge in [-0.05, 0) is 31.0 Å². The molecule has 0 radical (unpaired) electrons. The van der Waals surface area contributed by atoms with Gasteiger partial charge in [-0.3, -0.25) is 0 Å². The number of ether oxygens (including phenoxy) is 1. The zero-order valence-corrected chi connectivity index (χ0v) is 9.81. The highest BCUT2D eigenvalue weighted by Crippen LogP contribution is 2.21. The highest BCUT2D eigenvalue weighted by Gasteiger charge is 2.06. The Morgan fingerprint density at radius 2 is 2.13 bits per heavy atom. The number of halogens is 2. The van der Waals surface area contributed by atoms with Crippen LogP contribution in [0.15, 0.2) is 18.2 Å². The van der Waals surface area contributed by atoms with Gasteiger partial charge in [0, 0.05) is 6.04 Å². The Labute approximate surface area is 96.0 Å². The zero-order chi connectivity index (χ0) is 10.6. The molecule has 0 aliphatic rings. The first-order chi connectivity index (χ1) is 6.65. The van der Waals surface area contributed by atoms with Crippen LogP contribution in [0, 0.1) is 5.82 Å². The lowest BCUT2D eigenvalue weighted by atomic mass is 10.1. The fourth-order valence-electron chi connectivity index (χ4n) is 1.13. The van der Waals surface area contributed by atoms with E-state index in [1.54, 1.807) is 12.1 Å². The molecule has 1 aromatic rings. The van der Waals surface area contributed by atoms with E-state index < -0.39 is 0 Å². The number of hydrogen-bond acceptors (Lipinski definition) is 2. The summed E-state index contributed by atoms with van der Waals surface area (Å²) < 4.78 is 18.4. The first kappa shape index (κ1) is 14.2. The van der Waals surface area contributed by atoms with Crippen LogP contribution in [0.1, 0.15) is 31.9 Å². The molecule has 1 atom stereocenters. The standard InChI is InChI=1S/C11H16FNO.ClH/c1-3-6-14-11-7-9(8(2)13)4-5-10(11)12;/h4-5,7-8H,3,6,13H2,1-2H3;1H. The quantitative estimate of drug-likeness (QED) is 0.868. The van der Waals surface area contributed by atoms with E-state index in [1.807, 2.05) is 13.8 Å². The van der Waals surface area contributed by atoms with E-state index in [2.05, 4.69) is 0 Å². The van der Waals surface area contributed by atoms with Gasteiger partial charge in [-0.25, -0.2) is 4.39 Å². The molecule has 2 nitrogen and oxygen atoms in total. The summed E-state index contributed by atoms with van der Waals surface area (Å²) in [6.45, 7) is 4.36. The Balaban J connectivity index is 0.00000196. The first-order valence-electron chi connectivity index (χ1n) is 4.83. The van der Waals surface area contributed by atoms with Crippen molar-refractivity contribution < 1.29 is 9.13 Å². The molecule has 0 bridgehead atoms. The minimum atomic E-state index is -0.331. The van der Waals surface area contributed by atoms with Crippen molar-refractivity contribution in [1.82, 2.24) is 0 Å². The van der Waals surface area contributed by atoms with Crippen LogP contribution in [0.3, 0.4) is 0 Å². The van der Waals surface area contributed by atoms with Crippen LogP contribution in [-0.4, -0.2) is 6.61 Å². The summed E-state index contributed by atoms with van der Waals surface area (Å²) in [5, 5.41) is 0. The van der Waals surface area contributed by atoms with Crippen LogP contribution in [0.4, 0.5) is 4.39 Å². The summed E-state index contributed by atoms with van der Waals surface area (Å²) in [5.74, 6) is -0.0375. The van der Waals surface area contributed by atoms with Crippen molar-refractivity contribution in [1.29, 1.82) is 0 Å². The maximum Gasteiger partial charge on any atom is 0.165 e. The molecule has 0 amide bonds. The van der Waals surface area contributed by atoms with Crippen molar-refractivity contribution in [3.05, 3.63) is 29.6 Å². The molecule has 0 heterocycles. The van der Waals surface area contributed by atoms with Gasteiger partial charge in [-0.1, -0.05) is 13.0 Å². The number of nitrogens with two attached hydrogens (primary N) is 1. The highest BCUT2D eigenvalue weighted by atomic mass is 35.5. The fourth-order valence-corrected chi connectivity index (χ4v) is 1.13. The number of benzene rings is 1. The van der Waals surface area contributed by atoms with Crippen molar-refractivity contribution in [3.63, 3.8) is 0 Å². The molecule has 4 heteroatoms. The van der Waals surface area contributed by atoms with Crippen LogP contribution in [0.5, 0.6) is 5.75 Å². The van der Waals surface area contributed by atoms with Gasteiger partial charge < -0.3 is 10.5 Å². The van der Waals surface area contributed by atoms with Gasteiger partial charge in [0.2, 0.25) is 0 Å². The largest absolute Gasteiger partial charge is 0.491 e. The molecule has 0 spiro atoms. The maximum absolute atomic E-state index is 13.2. The first-order valence-corrected chi connectivity index (χ1v) is 4.83. The Hall–Kier alpha value is -0.800. The maximum atomic E-state index is 13.2. The minimum absolute atomic E-state index is 0. The Bertz CT molecular complexity index is 305. The van der Waals surface area contributed by atoms with E-state index in [1.165, 1.54) is 6.07 Å². The topological polar surface area (TPSA) is 35.2 Å². The molecule has 1 aromatic carbocycles. The van der Waals surface area contributed by atoms with E-state index in [9.17, 15) is 4.39 Å². The van der Waals surface area contributed by atoms with E-state index >= 15 is 0 Å². The summed E-state index contributed by atoms with van der Waals surface area (Å²) in [5.41, 5.74) is 6.57. The predicted octanol–water partition coefficient (Wildman–Crippen LogP) is 3.06. The zero-order valence-electron chi connectivity index (χ0n) is 9.00. The minimum Gasteiger partial charge on any atom is -0.491 e. The molecule has 0 aromatic heterocycles. The van der Waals surface area contributed by atoms with Gasteiger partial charge in [0.25, 0.3) is 0 Å². The van der Waals surface area contributed by atoms with E-state index in [4.69, 9.17) is 10.5 Å². The summed E-state index contributed by atoms with van der Waals surface area (Å²) in [6.07, 6.45) is 0.863. The molecular weight excluding hydrogens is 217 g/mol. The lowest BCUT2D eigenvalue weighted by Crippen LogP contribution is -2.06. The van der Waals surface area contributed by atoms with Crippen molar-refractivity contribution in [2.24, 2.45) is 5.73 Å². The fraction of sp³-hybridized carbons (Fsp3) is 0.455. The molecule has 2 N–H and O–H groups in total. The second kappa shape index (κ2) is 6.64. The highest BCUT2D eigenvalue weighted by molar-refractivity contribution is 5.85. The van der Waals surface area contributed by atoms with E-state index in [0.717, 1.165) is 12.0 Å². The second-order valence-corrected chi connectivity index (χ2v) is 3.33. The Morgan fingerprint density at radius 3 is 2.67 bits per heavy atom. The molecule has 0 fully saturated rings. The SMILES string of the molecule is CCCOc1cc(C(C)N)ccc1F.Cl. The van der Waals surface area contributed by atoms with Crippen LogP contribution in [-0.2, 0) is 0 Å². The third-order valence-electron chi connectivity index (χ3n) is 1.94. The van der Waals surface area contributed by atoms with Crippen LogP contribution >= 0.6 is 12.4 Å². The number of hydrogen-bond donors (Lipinski definition) is 1. The third-order valence-corrected chi connectivity index (χ3v) is 1.94. The molecule has 0 aliphatic heterocycles. The second-order valence-electron chi connectivity index (χ2n) is 3.33. The van der Waals surface area contributed by atoms with Gasteiger partial charge in [-0.2, -0.15) is 0 Å². The van der Waals surface area contributed by atoms with Gasteiger partial charge in [-0.15, -0.1) is 12.4 Å². The van der Waals surface area contributed by atoms with Gasteiger partial charge in [0.15, 0.2) is 11.6 Å². The summed E-state index contributed by atoms with van der Waals surface area (Å²) >= 11 is 0. The van der Waals surface area contributed by atoms with Crippen molar-refractivity contribution in [3.8, 4) is 5.75 Å². The molecule has 0 saturated carbocycles. The summed E-state index contributed by atoms with van der Waals surface area (Å²) in [6, 6.07) is 4.64. The molecule has 1 unspecified atom stereocenters. The molecule has 1 rings (SSSR count). The lowest BCUT2D eigenvalue weighted by Gasteiger charge is -2.10. The number of rotatable bonds is 4. The summed E-state index contributed by atoms with van der Waals surface area (Å²) in [7, 11) is 0. The third kappa shape index (κ3) is 4.06. The van der Waals surface area contributed by atoms with Crippen LogP contribution in [0.25, 0.3) is 0 Å². The lowest BCUT2D eigenvalue weighted by molar-refractivity contribution is 0.301. The molecular formula is C11H17ClFNO. The monoisotopic (exact) mass is 233 g/mol. The van der Waals surface area contributed by atoms with Gasteiger partial charge >= 0.3 is 0 Å². The van der Waals surface area contributed by atoms with Crippen molar-refractivity contribution in [2.75, 3.05) is 6.61 Å². The Kier molecular flexibility index (Phi) is 6.29. The Morgan fingerprint density at radius 1 is 1.47 bits per heavy atom.